The van der Waals surface area contributed by atoms with Crippen molar-refractivity contribution in [3.63, 3.8) is 0 Å². The van der Waals surface area contributed by atoms with Gasteiger partial charge in [0.2, 0.25) is 0 Å². The van der Waals surface area contributed by atoms with Gasteiger partial charge >= 0.3 is 6.61 Å². The number of nitrogens with one attached hydrogen (secondary N) is 1. The number of halogens is 2. The SMILES string of the molecule is COc1cc(C(=O)NC(C)CCCC(C)C)c([N+](=O)[O-])cc1OC(F)F. The fraction of sp³-hybridized carbons (Fsp3) is 0.588. The molecule has 1 amide bonds. The van der Waals surface area contributed by atoms with Gasteiger partial charge in [-0.25, -0.2) is 0 Å². The van der Waals surface area contributed by atoms with Crippen LogP contribution in [0.4, 0.5) is 14.5 Å². The minimum atomic E-state index is -3.18. The van der Waals surface area contributed by atoms with Gasteiger partial charge in [-0.3, -0.25) is 14.9 Å². The molecule has 0 radical (unpaired) electrons. The molecule has 9 heteroatoms. The van der Waals surface area contributed by atoms with Crippen molar-refractivity contribution in [2.75, 3.05) is 7.11 Å². The zero-order valence-corrected chi connectivity index (χ0v) is 15.3. The Morgan fingerprint density at radius 3 is 2.38 bits per heavy atom. The summed E-state index contributed by atoms with van der Waals surface area (Å²) in [7, 11) is 1.19. The third-order valence-electron chi connectivity index (χ3n) is 3.74. The minimum Gasteiger partial charge on any atom is -0.493 e. The third kappa shape index (κ3) is 6.45. The number of rotatable bonds is 10. The Balaban J connectivity index is 3.02. The molecule has 0 bridgehead atoms. The fourth-order valence-electron chi connectivity index (χ4n) is 2.44. The first-order chi connectivity index (χ1) is 12.1. The summed E-state index contributed by atoms with van der Waals surface area (Å²) in [4.78, 5) is 22.8. The molecule has 26 heavy (non-hydrogen) atoms. The molecule has 1 unspecified atom stereocenters. The first-order valence-electron chi connectivity index (χ1n) is 8.27. The quantitative estimate of drug-likeness (QED) is 0.491. The molecule has 0 aliphatic rings. The van der Waals surface area contributed by atoms with Crippen LogP contribution in [0, 0.1) is 16.0 Å². The lowest BCUT2D eigenvalue weighted by Crippen LogP contribution is -2.33. The number of benzene rings is 1. The third-order valence-corrected chi connectivity index (χ3v) is 3.74. The van der Waals surface area contributed by atoms with Crippen LogP contribution in [0.3, 0.4) is 0 Å². The van der Waals surface area contributed by atoms with E-state index in [-0.39, 0.29) is 17.4 Å². The molecule has 1 N–H and O–H groups in total. The summed E-state index contributed by atoms with van der Waals surface area (Å²) in [6.45, 7) is 2.82. The zero-order valence-electron chi connectivity index (χ0n) is 15.3. The van der Waals surface area contributed by atoms with Crippen molar-refractivity contribution in [1.29, 1.82) is 0 Å². The van der Waals surface area contributed by atoms with Crippen molar-refractivity contribution >= 4 is 11.6 Å². The van der Waals surface area contributed by atoms with E-state index in [9.17, 15) is 23.7 Å². The molecule has 1 rings (SSSR count). The molecule has 1 aromatic rings. The molecular weight excluding hydrogens is 350 g/mol. The van der Waals surface area contributed by atoms with Crippen LogP contribution in [0.5, 0.6) is 11.5 Å². The van der Waals surface area contributed by atoms with Crippen LogP contribution in [-0.4, -0.2) is 30.6 Å². The molecule has 0 spiro atoms. The standard InChI is InChI=1S/C17H24F2N2O5/c1-10(2)6-5-7-11(3)20-16(22)12-8-14(25-4)15(26-17(18)19)9-13(12)21(23)24/h8-11,17H,5-7H2,1-4H3,(H,20,22). The largest absolute Gasteiger partial charge is 0.493 e. The van der Waals surface area contributed by atoms with E-state index in [1.807, 2.05) is 0 Å². The Bertz CT molecular complexity index is 638. The number of ether oxygens (including phenoxy) is 2. The van der Waals surface area contributed by atoms with Gasteiger partial charge in [-0.05, 0) is 19.3 Å². The molecule has 0 aromatic heterocycles. The monoisotopic (exact) mass is 374 g/mol. The Morgan fingerprint density at radius 2 is 1.88 bits per heavy atom. The predicted octanol–water partition coefficient (Wildman–Crippen LogP) is 4.15. The number of carbonyl (C=O) groups is 1. The highest BCUT2D eigenvalue weighted by Gasteiger charge is 2.26. The van der Waals surface area contributed by atoms with Crippen molar-refractivity contribution < 1.29 is 28.0 Å². The van der Waals surface area contributed by atoms with E-state index < -0.39 is 28.9 Å². The van der Waals surface area contributed by atoms with Crippen molar-refractivity contribution in [3.8, 4) is 11.5 Å². The van der Waals surface area contributed by atoms with E-state index in [1.54, 1.807) is 6.92 Å². The summed E-state index contributed by atoms with van der Waals surface area (Å²) < 4.78 is 34.0. The van der Waals surface area contributed by atoms with Crippen LogP contribution in [0.2, 0.25) is 0 Å². The Labute approximate surface area is 150 Å². The summed E-state index contributed by atoms with van der Waals surface area (Å²) in [6.07, 6.45) is 2.64. The molecule has 0 heterocycles. The van der Waals surface area contributed by atoms with E-state index in [2.05, 4.69) is 23.9 Å². The molecule has 0 saturated heterocycles. The van der Waals surface area contributed by atoms with E-state index in [0.717, 1.165) is 31.4 Å². The van der Waals surface area contributed by atoms with Crippen molar-refractivity contribution in [1.82, 2.24) is 5.32 Å². The van der Waals surface area contributed by atoms with Gasteiger partial charge in [0.05, 0.1) is 18.1 Å². The van der Waals surface area contributed by atoms with Crippen LogP contribution < -0.4 is 14.8 Å². The maximum Gasteiger partial charge on any atom is 0.387 e. The maximum atomic E-state index is 12.4. The predicted molar refractivity (Wildman–Crippen MR) is 91.9 cm³/mol. The van der Waals surface area contributed by atoms with Crippen molar-refractivity contribution in [3.05, 3.63) is 27.8 Å². The number of methoxy groups -OCH3 is 1. The van der Waals surface area contributed by atoms with Gasteiger partial charge in [-0.15, -0.1) is 0 Å². The highest BCUT2D eigenvalue weighted by molar-refractivity contribution is 5.99. The van der Waals surface area contributed by atoms with Gasteiger partial charge in [-0.2, -0.15) is 8.78 Å². The topological polar surface area (TPSA) is 90.7 Å². The zero-order chi connectivity index (χ0) is 19.9. The molecule has 146 valence electrons. The van der Waals surface area contributed by atoms with E-state index in [0.29, 0.717) is 5.92 Å². The molecular formula is C17H24F2N2O5. The molecule has 0 saturated carbocycles. The first kappa shape index (κ1) is 21.6. The van der Waals surface area contributed by atoms with Crippen LogP contribution in [0.25, 0.3) is 0 Å². The van der Waals surface area contributed by atoms with E-state index in [1.165, 1.54) is 7.11 Å². The van der Waals surface area contributed by atoms with Gasteiger partial charge in [0.15, 0.2) is 11.5 Å². The maximum absolute atomic E-state index is 12.4. The lowest BCUT2D eigenvalue weighted by Gasteiger charge is -2.16. The van der Waals surface area contributed by atoms with E-state index in [4.69, 9.17) is 4.74 Å². The highest BCUT2D eigenvalue weighted by atomic mass is 19.3. The Kier molecular flexibility index (Phi) is 8.21. The number of carbonyl (C=O) groups excluding carboxylic acids is 1. The Hall–Kier alpha value is -2.45. The van der Waals surface area contributed by atoms with Gasteiger partial charge in [0.25, 0.3) is 11.6 Å². The van der Waals surface area contributed by atoms with Crippen LogP contribution in [0.1, 0.15) is 50.4 Å². The molecule has 0 aliphatic heterocycles. The summed E-state index contributed by atoms with van der Waals surface area (Å²) in [5.41, 5.74) is -0.905. The number of nitro groups is 1. The summed E-state index contributed by atoms with van der Waals surface area (Å²) in [5.74, 6) is -0.814. The van der Waals surface area contributed by atoms with Crippen LogP contribution in [-0.2, 0) is 0 Å². The van der Waals surface area contributed by atoms with Gasteiger partial charge in [0.1, 0.15) is 5.56 Å². The normalized spacial score (nSPS) is 12.2. The fourth-order valence-corrected chi connectivity index (χ4v) is 2.44. The Morgan fingerprint density at radius 1 is 1.23 bits per heavy atom. The van der Waals surface area contributed by atoms with Crippen molar-refractivity contribution in [2.45, 2.75) is 52.7 Å². The second kappa shape index (κ2) is 9.88. The van der Waals surface area contributed by atoms with Gasteiger partial charge in [-0.1, -0.05) is 26.7 Å². The van der Waals surface area contributed by atoms with Gasteiger partial charge in [0, 0.05) is 12.1 Å². The smallest absolute Gasteiger partial charge is 0.387 e. The van der Waals surface area contributed by atoms with Crippen LogP contribution in [0.15, 0.2) is 12.1 Å². The second-order valence-corrected chi connectivity index (χ2v) is 6.36. The van der Waals surface area contributed by atoms with Crippen molar-refractivity contribution in [2.24, 2.45) is 5.92 Å². The number of nitrogens with zero attached hydrogens (tertiary/aromatic N) is 1. The number of alkyl halides is 2. The lowest BCUT2D eigenvalue weighted by atomic mass is 10.0. The van der Waals surface area contributed by atoms with Crippen LogP contribution >= 0.6 is 0 Å². The molecule has 0 aliphatic carbocycles. The number of nitro benzene ring substituents is 1. The molecule has 0 fully saturated rings. The average molecular weight is 374 g/mol. The number of hydrogen-bond acceptors (Lipinski definition) is 5. The summed E-state index contributed by atoms with van der Waals surface area (Å²) in [6, 6.07) is 1.61. The molecule has 1 aromatic carbocycles. The lowest BCUT2D eigenvalue weighted by molar-refractivity contribution is -0.385. The van der Waals surface area contributed by atoms with Gasteiger partial charge < -0.3 is 14.8 Å². The average Bonchev–Trinajstić information content (AvgIpc) is 2.53. The number of amides is 1. The number of hydrogen-bond donors (Lipinski definition) is 1. The summed E-state index contributed by atoms with van der Waals surface area (Å²) >= 11 is 0. The summed E-state index contributed by atoms with van der Waals surface area (Å²) in [5, 5.41) is 13.9. The van der Waals surface area contributed by atoms with E-state index >= 15 is 0 Å². The molecule has 1 atom stereocenters. The molecule has 7 nitrogen and oxygen atoms in total. The second-order valence-electron chi connectivity index (χ2n) is 6.36. The highest BCUT2D eigenvalue weighted by Crippen LogP contribution is 2.35. The first-order valence-corrected chi connectivity index (χ1v) is 8.27. The minimum absolute atomic E-state index is 0.187.